The fraction of sp³-hybridized carbons (Fsp3) is 0.417. The Morgan fingerprint density at radius 2 is 1.70 bits per heavy atom. The lowest BCUT2D eigenvalue weighted by Gasteiger charge is -2.20. The van der Waals surface area contributed by atoms with E-state index in [-0.39, 0.29) is 5.76 Å². The number of sulfonamides is 1. The van der Waals surface area contributed by atoms with Gasteiger partial charge in [-0.3, -0.25) is 14.5 Å². The summed E-state index contributed by atoms with van der Waals surface area (Å²) in [4.78, 5) is 15.3. The average Bonchev–Trinajstić information content (AvgIpc) is 3.25. The molecule has 1 atom stereocenters. The minimum Gasteiger partial charge on any atom is -0.505 e. The first-order chi connectivity index (χ1) is 18.2. The number of phenolic OH excluding ortho intramolecular Hbond substituents is 1. The van der Waals surface area contributed by atoms with Crippen LogP contribution in [0.5, 0.6) is 5.75 Å². The number of halogens is 6. The Kier molecular flexibility index (Phi) is 8.00. The summed E-state index contributed by atoms with van der Waals surface area (Å²) in [6.07, 6.45) is -10.6. The number of allylic oxidation sites excluding steroid dienone is 1. The molecule has 0 saturated heterocycles. The van der Waals surface area contributed by atoms with Gasteiger partial charge >= 0.3 is 12.4 Å². The second kappa shape index (κ2) is 10.4. The number of nitrogens with one attached hydrogen (secondary N) is 2. The summed E-state index contributed by atoms with van der Waals surface area (Å²) >= 11 is 0. The van der Waals surface area contributed by atoms with Crippen LogP contribution in [0.25, 0.3) is 0 Å². The summed E-state index contributed by atoms with van der Waals surface area (Å²) < 4.78 is 115. The van der Waals surface area contributed by atoms with Crippen molar-refractivity contribution in [2.75, 3.05) is 19.4 Å². The van der Waals surface area contributed by atoms with Crippen LogP contribution in [-0.4, -0.2) is 50.4 Å². The number of furan rings is 1. The van der Waals surface area contributed by atoms with Crippen molar-refractivity contribution in [1.29, 1.82) is 0 Å². The maximum Gasteiger partial charge on any atom is 0.431 e. The van der Waals surface area contributed by atoms with E-state index >= 15 is 0 Å². The standard InChI is InChI=1S/C24H26F6N4O5S/c1-10(2)17(15-9-11(3)12(4)39-15)32-21-18(20(24(28,29)30)40(37,38)33-21)31-14-8-7-13(23(25,26)27)16(19(14)35)22(36)34(5)6/h7-10,17,31,35H,1-6H3,(H,32,33)/t17-/m1/s1. The highest BCUT2D eigenvalue weighted by atomic mass is 32.2. The van der Waals surface area contributed by atoms with Crippen molar-refractivity contribution in [3.05, 3.63) is 57.0 Å². The van der Waals surface area contributed by atoms with E-state index in [2.05, 4.69) is 10.3 Å². The van der Waals surface area contributed by atoms with E-state index in [1.165, 1.54) is 0 Å². The largest absolute Gasteiger partial charge is 0.505 e. The molecular weight excluding hydrogens is 570 g/mol. The van der Waals surface area contributed by atoms with Crippen LogP contribution in [0.1, 0.15) is 52.9 Å². The average molecular weight is 597 g/mol. The molecule has 1 aromatic heterocycles. The predicted octanol–water partition coefficient (Wildman–Crippen LogP) is 5.24. The van der Waals surface area contributed by atoms with Crippen LogP contribution in [0.2, 0.25) is 0 Å². The third kappa shape index (κ3) is 5.90. The van der Waals surface area contributed by atoms with Crippen molar-refractivity contribution in [3.8, 4) is 5.75 Å². The van der Waals surface area contributed by atoms with E-state index < -0.39 is 79.2 Å². The number of hydrogen-bond donors (Lipinski definition) is 3. The van der Waals surface area contributed by atoms with Gasteiger partial charge in [-0.25, -0.2) is 8.42 Å². The Labute approximate surface area is 225 Å². The number of aliphatic imine (C=N–C) groups is 1. The molecule has 0 fully saturated rings. The number of aryl methyl sites for hydroxylation is 2. The first-order valence-electron chi connectivity index (χ1n) is 11.6. The van der Waals surface area contributed by atoms with Gasteiger partial charge in [0.05, 0.1) is 16.8 Å². The summed E-state index contributed by atoms with van der Waals surface area (Å²) in [5.74, 6) is -3.14. The fourth-order valence-electron chi connectivity index (χ4n) is 3.90. The zero-order valence-corrected chi connectivity index (χ0v) is 22.9. The number of carbonyl (C=O) groups excluding carboxylic acids is 1. The molecule has 3 rings (SSSR count). The highest BCUT2D eigenvalue weighted by Crippen LogP contribution is 2.43. The van der Waals surface area contributed by atoms with Gasteiger partial charge in [-0.1, -0.05) is 13.8 Å². The van der Waals surface area contributed by atoms with Crippen molar-refractivity contribution in [3.63, 3.8) is 0 Å². The normalized spacial score (nSPS) is 17.4. The van der Waals surface area contributed by atoms with Crippen LogP contribution in [0.3, 0.4) is 0 Å². The molecule has 3 N–H and O–H groups in total. The lowest BCUT2D eigenvalue weighted by Crippen LogP contribution is -2.28. The van der Waals surface area contributed by atoms with Crippen molar-refractivity contribution in [1.82, 2.24) is 9.62 Å². The van der Waals surface area contributed by atoms with Gasteiger partial charge in [0, 0.05) is 14.1 Å². The highest BCUT2D eigenvalue weighted by molar-refractivity contribution is 7.94. The molecule has 0 unspecified atom stereocenters. The summed E-state index contributed by atoms with van der Waals surface area (Å²) in [7, 11) is -3.05. The summed E-state index contributed by atoms with van der Waals surface area (Å²) in [6.45, 7) is 6.69. The Bertz CT molecular complexity index is 1490. The number of aromatic hydroxyl groups is 1. The highest BCUT2D eigenvalue weighted by Gasteiger charge is 2.51. The van der Waals surface area contributed by atoms with Crippen LogP contribution >= 0.6 is 0 Å². The minimum absolute atomic E-state index is 0.229. The second-order valence-electron chi connectivity index (χ2n) is 9.57. The first kappa shape index (κ1) is 30.8. The van der Waals surface area contributed by atoms with Crippen LogP contribution in [0, 0.1) is 19.8 Å². The van der Waals surface area contributed by atoms with Crippen molar-refractivity contribution < 1.29 is 49.1 Å². The molecule has 1 aliphatic rings. The lowest BCUT2D eigenvalue weighted by molar-refractivity contribution is -0.138. The molecule has 1 aromatic carbocycles. The number of phenols is 1. The monoisotopic (exact) mass is 596 g/mol. The maximum absolute atomic E-state index is 14.0. The number of carbonyl (C=O) groups is 1. The smallest absolute Gasteiger partial charge is 0.431 e. The van der Waals surface area contributed by atoms with Crippen molar-refractivity contribution >= 4 is 27.5 Å². The molecule has 1 amide bonds. The second-order valence-corrected chi connectivity index (χ2v) is 11.2. The number of hydrogen-bond acceptors (Lipinski definition) is 7. The molecule has 16 heteroatoms. The molecule has 0 spiro atoms. The van der Waals surface area contributed by atoms with Crippen LogP contribution in [0.4, 0.5) is 32.0 Å². The third-order valence-corrected chi connectivity index (χ3v) is 7.40. The zero-order chi connectivity index (χ0) is 30.5. The molecule has 0 saturated carbocycles. The first-order valence-corrected chi connectivity index (χ1v) is 13.1. The van der Waals surface area contributed by atoms with E-state index in [1.807, 2.05) is 0 Å². The van der Waals surface area contributed by atoms with E-state index in [0.29, 0.717) is 23.5 Å². The summed E-state index contributed by atoms with van der Waals surface area (Å²) in [5, 5.41) is 12.7. The quantitative estimate of drug-likeness (QED) is 0.310. The number of amides is 1. The molecule has 2 aromatic rings. The SMILES string of the molecule is Cc1cc([C@H](N=C2NS(=O)(=O)C(C(F)(F)F)=C2Nc2ccc(C(F)(F)F)c(C(=O)N(C)C)c2O)C(C)C)oc1C. The molecule has 1 aliphatic heterocycles. The number of rotatable bonds is 6. The molecule has 0 radical (unpaired) electrons. The fourth-order valence-corrected chi connectivity index (χ4v) is 5.14. The molecule has 0 aliphatic carbocycles. The Morgan fingerprint density at radius 1 is 1.10 bits per heavy atom. The molecule has 220 valence electrons. The van der Waals surface area contributed by atoms with E-state index in [1.54, 1.807) is 38.5 Å². The van der Waals surface area contributed by atoms with Gasteiger partial charge in [-0.2, -0.15) is 26.3 Å². The maximum atomic E-state index is 14.0. The van der Waals surface area contributed by atoms with Gasteiger partial charge in [0.2, 0.25) is 0 Å². The number of benzene rings is 1. The van der Waals surface area contributed by atoms with Gasteiger partial charge in [-0.05, 0) is 43.5 Å². The number of nitrogens with zero attached hydrogens (tertiary/aromatic N) is 2. The van der Waals surface area contributed by atoms with Gasteiger partial charge in [-0.15, -0.1) is 0 Å². The van der Waals surface area contributed by atoms with Crippen LogP contribution < -0.4 is 10.0 Å². The van der Waals surface area contributed by atoms with Gasteiger partial charge in [0.15, 0.2) is 16.5 Å². The number of amidine groups is 1. The summed E-state index contributed by atoms with van der Waals surface area (Å²) in [6, 6.07) is 1.57. The Balaban J connectivity index is 2.28. The van der Waals surface area contributed by atoms with Gasteiger partial charge in [0.1, 0.15) is 23.3 Å². The molecular formula is C24H26F6N4O5S. The molecule has 2 heterocycles. The zero-order valence-electron chi connectivity index (χ0n) is 22.0. The Hall–Kier alpha value is -3.69. The predicted molar refractivity (Wildman–Crippen MR) is 133 cm³/mol. The molecule has 0 bridgehead atoms. The third-order valence-electron chi connectivity index (χ3n) is 5.96. The van der Waals surface area contributed by atoms with Gasteiger partial charge < -0.3 is 19.7 Å². The van der Waals surface area contributed by atoms with E-state index in [0.717, 1.165) is 19.0 Å². The van der Waals surface area contributed by atoms with E-state index in [9.17, 15) is 44.7 Å². The van der Waals surface area contributed by atoms with E-state index in [4.69, 9.17) is 4.42 Å². The number of alkyl halides is 6. The van der Waals surface area contributed by atoms with Crippen LogP contribution in [0.15, 0.2) is 38.2 Å². The topological polar surface area (TPSA) is 124 Å². The van der Waals surface area contributed by atoms with Crippen LogP contribution in [-0.2, 0) is 16.2 Å². The van der Waals surface area contributed by atoms with Crippen molar-refractivity contribution in [2.45, 2.75) is 46.1 Å². The lowest BCUT2D eigenvalue weighted by atomic mass is 10.0. The minimum atomic E-state index is -5.49. The Morgan fingerprint density at radius 3 is 2.15 bits per heavy atom. The van der Waals surface area contributed by atoms with Crippen molar-refractivity contribution in [2.24, 2.45) is 10.9 Å². The number of anilines is 1. The molecule has 40 heavy (non-hydrogen) atoms. The summed E-state index contributed by atoms with van der Waals surface area (Å²) in [5.41, 5.74) is -4.06. The van der Waals surface area contributed by atoms with Gasteiger partial charge in [0.25, 0.3) is 15.9 Å². The molecule has 9 nitrogen and oxygen atoms in total.